The van der Waals surface area contributed by atoms with E-state index in [0.717, 1.165) is 5.56 Å². The smallest absolute Gasteiger partial charge is 0.338 e. The molecule has 37 heavy (non-hydrogen) atoms. The first-order valence-corrected chi connectivity index (χ1v) is 12.0. The predicted molar refractivity (Wildman–Crippen MR) is 137 cm³/mol. The number of hydrogen-bond donors (Lipinski definition) is 1. The number of pyridine rings is 1. The van der Waals surface area contributed by atoms with Gasteiger partial charge in [0, 0.05) is 18.3 Å². The Labute approximate surface area is 215 Å². The summed E-state index contributed by atoms with van der Waals surface area (Å²) in [6, 6.07) is 16.1. The van der Waals surface area contributed by atoms with Crippen LogP contribution in [-0.4, -0.2) is 45.9 Å². The third kappa shape index (κ3) is 5.23. The minimum atomic E-state index is -0.891. The monoisotopic (exact) mass is 500 g/mol. The average Bonchev–Trinajstić information content (AvgIpc) is 3.15. The minimum absolute atomic E-state index is 0.0320. The summed E-state index contributed by atoms with van der Waals surface area (Å²) in [6.07, 6.45) is 1.57. The molecule has 2 heterocycles. The maximum absolute atomic E-state index is 13.3. The van der Waals surface area contributed by atoms with E-state index in [9.17, 15) is 19.5 Å². The molecule has 8 nitrogen and oxygen atoms in total. The Morgan fingerprint density at radius 3 is 2.35 bits per heavy atom. The van der Waals surface area contributed by atoms with E-state index in [2.05, 4.69) is 4.98 Å². The lowest BCUT2D eigenvalue weighted by Gasteiger charge is -2.24. The molecule has 1 aliphatic heterocycles. The number of likely N-dealkylation sites (tertiary alicyclic amines) is 1. The van der Waals surface area contributed by atoms with Gasteiger partial charge in [-0.25, -0.2) is 4.79 Å². The van der Waals surface area contributed by atoms with Crippen molar-refractivity contribution in [3.05, 3.63) is 100 Å². The summed E-state index contributed by atoms with van der Waals surface area (Å²) in [4.78, 5) is 44.2. The highest BCUT2D eigenvalue weighted by atomic mass is 16.5. The van der Waals surface area contributed by atoms with Crippen LogP contribution in [0.3, 0.4) is 0 Å². The van der Waals surface area contributed by atoms with Crippen molar-refractivity contribution in [1.29, 1.82) is 0 Å². The lowest BCUT2D eigenvalue weighted by molar-refractivity contribution is -0.140. The minimum Gasteiger partial charge on any atom is -0.507 e. The third-order valence-corrected chi connectivity index (χ3v) is 6.07. The molecule has 2 aromatic carbocycles. The molecule has 1 unspecified atom stereocenters. The fraction of sp³-hybridized carbons (Fsp3) is 0.241. The van der Waals surface area contributed by atoms with Gasteiger partial charge in [0.25, 0.3) is 11.7 Å². The van der Waals surface area contributed by atoms with Crippen molar-refractivity contribution in [2.24, 2.45) is 0 Å². The van der Waals surface area contributed by atoms with Gasteiger partial charge in [0.05, 0.1) is 30.0 Å². The van der Waals surface area contributed by atoms with Crippen LogP contribution < -0.4 is 4.74 Å². The van der Waals surface area contributed by atoms with Crippen LogP contribution in [0.1, 0.15) is 52.6 Å². The Bertz CT molecular complexity index is 1350. The van der Waals surface area contributed by atoms with Gasteiger partial charge in [-0.2, -0.15) is 0 Å². The number of carbonyl (C=O) groups excluding carboxylic acids is 3. The molecule has 190 valence electrons. The fourth-order valence-electron chi connectivity index (χ4n) is 4.32. The summed E-state index contributed by atoms with van der Waals surface area (Å²) in [5.74, 6) is -1.57. The van der Waals surface area contributed by atoms with Gasteiger partial charge >= 0.3 is 5.97 Å². The number of amides is 1. The molecule has 1 fully saturated rings. The van der Waals surface area contributed by atoms with Gasteiger partial charge in [-0.3, -0.25) is 14.6 Å². The maximum atomic E-state index is 13.3. The lowest BCUT2D eigenvalue weighted by atomic mass is 9.97. The summed E-state index contributed by atoms with van der Waals surface area (Å²) < 4.78 is 10.6. The second-order valence-corrected chi connectivity index (χ2v) is 8.51. The second-order valence-electron chi connectivity index (χ2n) is 8.51. The number of rotatable bonds is 8. The molecule has 0 aliphatic carbocycles. The highest BCUT2D eigenvalue weighted by Gasteiger charge is 2.46. The number of hydrogen-bond acceptors (Lipinski definition) is 7. The maximum Gasteiger partial charge on any atom is 0.338 e. The zero-order valence-electron chi connectivity index (χ0n) is 20.9. The van der Waals surface area contributed by atoms with Gasteiger partial charge in [-0.05, 0) is 74.4 Å². The van der Waals surface area contributed by atoms with Crippen LogP contribution in [0.25, 0.3) is 5.76 Å². The van der Waals surface area contributed by atoms with Crippen LogP contribution in [0.2, 0.25) is 0 Å². The molecule has 1 amide bonds. The molecule has 1 saturated heterocycles. The Morgan fingerprint density at radius 1 is 1.00 bits per heavy atom. The van der Waals surface area contributed by atoms with Crippen molar-refractivity contribution in [3.63, 3.8) is 0 Å². The zero-order valence-corrected chi connectivity index (χ0v) is 20.9. The number of benzene rings is 2. The number of ether oxygens (including phenoxy) is 2. The third-order valence-electron chi connectivity index (χ3n) is 6.07. The molecule has 0 saturated carbocycles. The van der Waals surface area contributed by atoms with E-state index in [1.165, 1.54) is 4.90 Å². The van der Waals surface area contributed by atoms with Crippen molar-refractivity contribution in [2.75, 3.05) is 13.2 Å². The summed E-state index contributed by atoms with van der Waals surface area (Å²) >= 11 is 0. The summed E-state index contributed by atoms with van der Waals surface area (Å²) in [6.45, 7) is 6.30. The molecule has 1 aromatic heterocycles. The summed E-state index contributed by atoms with van der Waals surface area (Å²) in [5.41, 5.74) is 2.70. The van der Waals surface area contributed by atoms with Crippen molar-refractivity contribution in [2.45, 2.75) is 33.4 Å². The van der Waals surface area contributed by atoms with E-state index in [1.807, 2.05) is 13.8 Å². The molecule has 1 aliphatic rings. The summed E-state index contributed by atoms with van der Waals surface area (Å²) in [5, 5.41) is 11.3. The lowest BCUT2D eigenvalue weighted by Crippen LogP contribution is -2.29. The molecule has 3 aromatic rings. The fourth-order valence-corrected chi connectivity index (χ4v) is 4.32. The number of nitrogens with zero attached hydrogens (tertiary/aromatic N) is 2. The number of esters is 1. The number of aryl methyl sites for hydroxylation is 1. The first kappa shape index (κ1) is 25.6. The van der Waals surface area contributed by atoms with Crippen LogP contribution in [0.4, 0.5) is 0 Å². The van der Waals surface area contributed by atoms with Gasteiger partial charge in [0.15, 0.2) is 0 Å². The van der Waals surface area contributed by atoms with Gasteiger partial charge in [0.2, 0.25) is 0 Å². The van der Waals surface area contributed by atoms with Crippen LogP contribution in [0.5, 0.6) is 5.75 Å². The number of aliphatic hydroxyl groups is 1. The van der Waals surface area contributed by atoms with Crippen LogP contribution in [-0.2, 0) is 20.9 Å². The molecule has 0 radical (unpaired) electrons. The van der Waals surface area contributed by atoms with E-state index in [1.54, 1.807) is 73.8 Å². The van der Waals surface area contributed by atoms with Crippen molar-refractivity contribution in [3.8, 4) is 5.75 Å². The van der Waals surface area contributed by atoms with E-state index in [4.69, 9.17) is 9.47 Å². The van der Waals surface area contributed by atoms with E-state index >= 15 is 0 Å². The van der Waals surface area contributed by atoms with Crippen LogP contribution in [0.15, 0.2) is 72.4 Å². The Morgan fingerprint density at radius 2 is 1.73 bits per heavy atom. The van der Waals surface area contributed by atoms with Gasteiger partial charge < -0.3 is 19.5 Å². The number of Topliss-reactive ketones (excluding diaryl/α,β-unsaturated/α-hetero) is 1. The SMILES string of the molecule is CCOC(=O)c1ccc(CN2C(=O)C(=O)/C(=C(\O)c3ccc(OCC)c(C)c3)C2c2ccccn2)cc1. The Kier molecular flexibility index (Phi) is 7.67. The second kappa shape index (κ2) is 11.1. The Balaban J connectivity index is 1.74. The number of aliphatic hydroxyl groups excluding tert-OH is 1. The molecule has 4 rings (SSSR count). The van der Waals surface area contributed by atoms with E-state index < -0.39 is 23.7 Å². The highest BCUT2D eigenvalue weighted by Crippen LogP contribution is 2.40. The molecular formula is C29H28N2O6. The topological polar surface area (TPSA) is 106 Å². The van der Waals surface area contributed by atoms with E-state index in [-0.39, 0.29) is 24.5 Å². The molecular weight excluding hydrogens is 472 g/mol. The van der Waals surface area contributed by atoms with Crippen molar-refractivity contribution in [1.82, 2.24) is 9.88 Å². The molecule has 1 N–H and O–H groups in total. The average molecular weight is 501 g/mol. The van der Waals surface area contributed by atoms with Crippen molar-refractivity contribution >= 4 is 23.4 Å². The molecule has 0 spiro atoms. The Hall–Kier alpha value is -4.46. The number of ketones is 1. The highest BCUT2D eigenvalue weighted by molar-refractivity contribution is 6.46. The normalized spacial score (nSPS) is 16.6. The predicted octanol–water partition coefficient (Wildman–Crippen LogP) is 4.59. The van der Waals surface area contributed by atoms with Gasteiger partial charge in [0.1, 0.15) is 17.6 Å². The largest absolute Gasteiger partial charge is 0.507 e. The number of carbonyl (C=O) groups is 3. The van der Waals surface area contributed by atoms with Gasteiger partial charge in [-0.15, -0.1) is 0 Å². The number of aromatic nitrogens is 1. The standard InChI is InChI=1S/C29H28N2O6/c1-4-36-23-14-13-21(16-18(23)3)26(32)24-25(22-8-6-7-15-30-22)31(28(34)27(24)33)17-19-9-11-20(12-10-19)29(35)37-5-2/h6-16,25,32H,4-5,17H2,1-3H3/b26-24-. The zero-order chi connectivity index (χ0) is 26.5. The first-order valence-electron chi connectivity index (χ1n) is 12.0. The molecule has 8 heteroatoms. The van der Waals surface area contributed by atoms with E-state index in [0.29, 0.717) is 34.7 Å². The van der Waals surface area contributed by atoms with Crippen molar-refractivity contribution < 1.29 is 29.0 Å². The molecule has 1 atom stereocenters. The van der Waals surface area contributed by atoms with Crippen LogP contribution >= 0.6 is 0 Å². The first-order chi connectivity index (χ1) is 17.8. The summed E-state index contributed by atoms with van der Waals surface area (Å²) in [7, 11) is 0. The van der Waals surface area contributed by atoms with Crippen LogP contribution in [0, 0.1) is 6.92 Å². The molecule has 0 bridgehead atoms. The van der Waals surface area contributed by atoms with Gasteiger partial charge in [-0.1, -0.05) is 18.2 Å². The quantitative estimate of drug-likeness (QED) is 0.209.